The maximum absolute atomic E-state index is 11.7. The molecular weight excluding hydrogens is 358 g/mol. The zero-order valence-electron chi connectivity index (χ0n) is 13.9. The first-order valence-electron chi connectivity index (χ1n) is 7.57. The second kappa shape index (κ2) is 5.44. The van der Waals surface area contributed by atoms with Gasteiger partial charge in [0.1, 0.15) is 11.6 Å². The molecule has 0 aliphatic rings. The summed E-state index contributed by atoms with van der Waals surface area (Å²) in [5, 5.41) is 5.16. The van der Waals surface area contributed by atoms with Crippen LogP contribution in [0.3, 0.4) is 0 Å². The zero-order chi connectivity index (χ0) is 18.6. The summed E-state index contributed by atoms with van der Waals surface area (Å²) in [5.74, 6) is 0.837. The van der Waals surface area contributed by atoms with Crippen LogP contribution >= 0.6 is 0 Å². The van der Waals surface area contributed by atoms with Gasteiger partial charge >= 0.3 is 5.69 Å². The number of hydrogen-bond donors (Lipinski definition) is 3. The average Bonchev–Trinajstić information content (AvgIpc) is 3.12. The van der Waals surface area contributed by atoms with Gasteiger partial charge in [0, 0.05) is 13.1 Å². The molecule has 0 aliphatic heterocycles. The predicted molar refractivity (Wildman–Crippen MR) is 96.6 cm³/mol. The molecule has 4 aromatic rings. The third-order valence-electron chi connectivity index (χ3n) is 4.26. The quantitative estimate of drug-likeness (QED) is 0.493. The lowest BCUT2D eigenvalue weighted by molar-refractivity contribution is 0.415. The minimum Gasteiger partial charge on any atom is -0.496 e. The molecule has 0 fully saturated rings. The van der Waals surface area contributed by atoms with Crippen molar-refractivity contribution < 1.29 is 13.2 Å². The first-order valence-corrected chi connectivity index (χ1v) is 9.12. The molecule has 0 saturated heterocycles. The van der Waals surface area contributed by atoms with Crippen LogP contribution in [0.1, 0.15) is 0 Å². The number of rotatable bonds is 3. The number of H-pyrrole nitrogens is 2. The molecule has 134 valence electrons. The molecule has 26 heavy (non-hydrogen) atoms. The van der Waals surface area contributed by atoms with Crippen molar-refractivity contribution in [3.05, 3.63) is 40.8 Å². The largest absolute Gasteiger partial charge is 0.496 e. The summed E-state index contributed by atoms with van der Waals surface area (Å²) >= 11 is 0. The second-order valence-electron chi connectivity index (χ2n) is 5.87. The molecule has 0 aliphatic carbocycles. The first kappa shape index (κ1) is 16.4. The van der Waals surface area contributed by atoms with Crippen molar-refractivity contribution >= 4 is 32.1 Å². The van der Waals surface area contributed by atoms with Crippen LogP contribution in [0, 0.1) is 0 Å². The summed E-state index contributed by atoms with van der Waals surface area (Å²) in [7, 11) is -0.720. The van der Waals surface area contributed by atoms with E-state index in [9.17, 15) is 13.2 Å². The number of sulfonamides is 1. The molecule has 0 spiro atoms. The molecule has 0 amide bonds. The standard InChI is InChI=1S/C16H15N5O4S/c1-21-13-7-11-10(6-12(13)20-16(21)22)18-15(19-11)9-4-3-8(26(17,23)24)5-14(9)25-2/h3-7H,1-2H3,(H,18,19)(H,20,22)(H2,17,23,24). The van der Waals surface area contributed by atoms with Crippen molar-refractivity contribution in [1.82, 2.24) is 19.5 Å². The summed E-state index contributed by atoms with van der Waals surface area (Å²) in [4.78, 5) is 22.2. The Hall–Kier alpha value is -3.11. The van der Waals surface area contributed by atoms with Gasteiger partial charge in [-0.2, -0.15) is 0 Å². The molecule has 9 nitrogen and oxygen atoms in total. The molecule has 0 saturated carbocycles. The minimum atomic E-state index is -3.83. The van der Waals surface area contributed by atoms with Crippen molar-refractivity contribution in [2.75, 3.05) is 7.11 Å². The molecule has 10 heteroatoms. The number of aromatic amines is 2. The number of methoxy groups -OCH3 is 1. The number of benzene rings is 2. The van der Waals surface area contributed by atoms with Crippen molar-refractivity contribution in [3.8, 4) is 17.1 Å². The van der Waals surface area contributed by atoms with Crippen LogP contribution in [-0.2, 0) is 17.1 Å². The van der Waals surface area contributed by atoms with Crippen LogP contribution in [-0.4, -0.2) is 35.0 Å². The van der Waals surface area contributed by atoms with Gasteiger partial charge in [0.25, 0.3) is 0 Å². The number of fused-ring (bicyclic) bond motifs is 2. The van der Waals surface area contributed by atoms with Crippen LogP contribution < -0.4 is 15.6 Å². The van der Waals surface area contributed by atoms with Gasteiger partial charge in [-0.3, -0.25) is 4.57 Å². The van der Waals surface area contributed by atoms with Crippen LogP contribution in [0.25, 0.3) is 33.5 Å². The Kier molecular flexibility index (Phi) is 3.43. The second-order valence-corrected chi connectivity index (χ2v) is 7.43. The fraction of sp³-hybridized carbons (Fsp3) is 0.125. The fourth-order valence-electron chi connectivity index (χ4n) is 2.90. The van der Waals surface area contributed by atoms with Gasteiger partial charge < -0.3 is 14.7 Å². The smallest absolute Gasteiger partial charge is 0.326 e. The molecular formula is C16H15N5O4S. The monoisotopic (exact) mass is 373 g/mol. The van der Waals surface area contributed by atoms with Crippen LogP contribution in [0.2, 0.25) is 0 Å². The normalized spacial score (nSPS) is 12.1. The summed E-state index contributed by atoms with van der Waals surface area (Å²) in [6.45, 7) is 0. The van der Waals surface area contributed by atoms with Crippen LogP contribution in [0.15, 0.2) is 40.0 Å². The number of imidazole rings is 2. The third-order valence-corrected chi connectivity index (χ3v) is 5.17. The van der Waals surface area contributed by atoms with E-state index in [1.54, 1.807) is 25.2 Å². The third kappa shape index (κ3) is 2.47. The lowest BCUT2D eigenvalue weighted by atomic mass is 10.2. The van der Waals surface area contributed by atoms with E-state index >= 15 is 0 Å². The van der Waals surface area contributed by atoms with Crippen molar-refractivity contribution in [1.29, 1.82) is 0 Å². The molecule has 0 radical (unpaired) electrons. The Morgan fingerprint density at radius 2 is 1.92 bits per heavy atom. The SMILES string of the molecule is COc1cc(S(N)(=O)=O)ccc1-c1nc2cc3c(cc2[nH]1)[nH]c(=O)n3C. The van der Waals surface area contributed by atoms with Gasteiger partial charge in [0.2, 0.25) is 10.0 Å². The van der Waals surface area contributed by atoms with E-state index in [0.717, 1.165) is 11.0 Å². The summed E-state index contributed by atoms with van der Waals surface area (Å²) < 4.78 is 29.8. The molecule has 2 heterocycles. The van der Waals surface area contributed by atoms with E-state index in [1.807, 2.05) is 0 Å². The number of hydrogen-bond acceptors (Lipinski definition) is 5. The Labute approximate surface area is 147 Å². The molecule has 2 aromatic carbocycles. The van der Waals surface area contributed by atoms with Crippen LogP contribution in [0.4, 0.5) is 0 Å². The van der Waals surface area contributed by atoms with Crippen LogP contribution in [0.5, 0.6) is 5.75 Å². The highest BCUT2D eigenvalue weighted by Gasteiger charge is 2.16. The Bertz CT molecular complexity index is 1330. The Morgan fingerprint density at radius 3 is 2.62 bits per heavy atom. The number of primary sulfonamides is 1. The summed E-state index contributed by atoms with van der Waals surface area (Å²) in [6.07, 6.45) is 0. The van der Waals surface area contributed by atoms with Crippen molar-refractivity contribution in [2.24, 2.45) is 12.2 Å². The molecule has 2 aromatic heterocycles. The number of ether oxygens (including phenoxy) is 1. The topological polar surface area (TPSA) is 136 Å². The highest BCUT2D eigenvalue weighted by Crippen LogP contribution is 2.32. The van der Waals surface area contributed by atoms with Gasteiger partial charge in [-0.05, 0) is 24.3 Å². The van der Waals surface area contributed by atoms with E-state index in [2.05, 4.69) is 15.0 Å². The maximum Gasteiger partial charge on any atom is 0.326 e. The van der Waals surface area contributed by atoms with Crippen molar-refractivity contribution in [2.45, 2.75) is 4.90 Å². The molecule has 4 N–H and O–H groups in total. The molecule has 0 unspecified atom stereocenters. The van der Waals surface area contributed by atoms with Gasteiger partial charge in [0.15, 0.2) is 0 Å². The Morgan fingerprint density at radius 1 is 1.15 bits per heavy atom. The average molecular weight is 373 g/mol. The van der Waals surface area contributed by atoms with E-state index in [4.69, 9.17) is 9.88 Å². The lowest BCUT2D eigenvalue weighted by Gasteiger charge is -2.08. The van der Waals surface area contributed by atoms with Crippen molar-refractivity contribution in [3.63, 3.8) is 0 Å². The predicted octanol–water partition coefficient (Wildman–Crippen LogP) is 1.07. The fourth-order valence-corrected chi connectivity index (χ4v) is 3.43. The maximum atomic E-state index is 11.7. The van der Waals surface area contributed by atoms with E-state index in [1.165, 1.54) is 23.8 Å². The zero-order valence-corrected chi connectivity index (χ0v) is 14.7. The highest BCUT2D eigenvalue weighted by molar-refractivity contribution is 7.89. The lowest BCUT2D eigenvalue weighted by Crippen LogP contribution is -2.12. The van der Waals surface area contributed by atoms with Gasteiger partial charge in [-0.15, -0.1) is 0 Å². The first-order chi connectivity index (χ1) is 12.3. The number of nitrogens with zero attached hydrogens (tertiary/aromatic N) is 2. The summed E-state index contributed by atoms with van der Waals surface area (Å²) in [5.41, 5.74) is 3.21. The number of aryl methyl sites for hydroxylation is 1. The van der Waals surface area contributed by atoms with E-state index < -0.39 is 10.0 Å². The molecule has 0 bridgehead atoms. The number of nitrogens with one attached hydrogen (secondary N) is 2. The molecule has 4 rings (SSSR count). The molecule has 0 atom stereocenters. The highest BCUT2D eigenvalue weighted by atomic mass is 32.2. The van der Waals surface area contributed by atoms with E-state index in [-0.39, 0.29) is 10.6 Å². The number of aromatic nitrogens is 4. The Balaban J connectivity index is 1.91. The van der Waals surface area contributed by atoms with Gasteiger partial charge in [-0.25, -0.2) is 23.3 Å². The summed E-state index contributed by atoms with van der Waals surface area (Å²) in [6, 6.07) is 7.93. The minimum absolute atomic E-state index is 0.0440. The number of nitrogens with two attached hydrogens (primary N) is 1. The van der Waals surface area contributed by atoms with Gasteiger partial charge in [-0.1, -0.05) is 0 Å². The van der Waals surface area contributed by atoms with Gasteiger partial charge in [0.05, 0.1) is 39.6 Å². The van der Waals surface area contributed by atoms with E-state index in [0.29, 0.717) is 28.2 Å².